The first kappa shape index (κ1) is 16.3. The molecule has 6 heteroatoms. The van der Waals surface area contributed by atoms with E-state index in [4.69, 9.17) is 16.7 Å². The van der Waals surface area contributed by atoms with Crippen molar-refractivity contribution >= 4 is 28.9 Å². The lowest BCUT2D eigenvalue weighted by Gasteiger charge is -2.16. The van der Waals surface area contributed by atoms with E-state index in [0.717, 1.165) is 5.56 Å². The molecule has 1 unspecified atom stereocenters. The van der Waals surface area contributed by atoms with Crippen molar-refractivity contribution in [2.24, 2.45) is 0 Å². The van der Waals surface area contributed by atoms with Crippen LogP contribution in [0.25, 0.3) is 0 Å². The molecule has 0 saturated heterocycles. The van der Waals surface area contributed by atoms with Crippen LogP contribution in [0.15, 0.2) is 42.5 Å². The number of aliphatic hydroxyl groups excluding tert-OH is 1. The zero-order valence-corrected chi connectivity index (χ0v) is 12.7. The normalized spacial score (nSPS) is 11.8. The van der Waals surface area contributed by atoms with Crippen LogP contribution in [-0.4, -0.2) is 17.1 Å². The molecule has 1 amide bonds. The highest BCUT2D eigenvalue weighted by atomic mass is 35.5. The van der Waals surface area contributed by atoms with Crippen molar-refractivity contribution < 1.29 is 14.3 Å². The van der Waals surface area contributed by atoms with Gasteiger partial charge < -0.3 is 15.7 Å². The Labute approximate surface area is 132 Å². The van der Waals surface area contributed by atoms with Crippen molar-refractivity contribution in [2.75, 3.05) is 10.6 Å². The first-order chi connectivity index (χ1) is 10.5. The molecule has 0 saturated carbocycles. The van der Waals surface area contributed by atoms with Crippen LogP contribution in [0.4, 0.5) is 15.8 Å². The number of benzene rings is 2. The average molecular weight is 323 g/mol. The fourth-order valence-corrected chi connectivity index (χ4v) is 2.08. The molecule has 0 aliphatic rings. The number of carbonyl (C=O) groups is 1. The zero-order chi connectivity index (χ0) is 16.1. The molecule has 0 radical (unpaired) electrons. The maximum atomic E-state index is 13.6. The van der Waals surface area contributed by atoms with Crippen molar-refractivity contribution in [2.45, 2.75) is 19.6 Å². The Hall–Kier alpha value is -2.11. The van der Waals surface area contributed by atoms with E-state index in [0.29, 0.717) is 10.7 Å². The van der Waals surface area contributed by atoms with E-state index in [-0.39, 0.29) is 12.3 Å². The molecular weight excluding hydrogens is 307 g/mol. The van der Waals surface area contributed by atoms with Gasteiger partial charge >= 0.3 is 0 Å². The molecule has 2 rings (SSSR count). The van der Waals surface area contributed by atoms with Crippen LogP contribution >= 0.6 is 11.6 Å². The Morgan fingerprint density at radius 3 is 2.82 bits per heavy atom. The Bertz CT molecular complexity index is 679. The smallest absolute Gasteiger partial charge is 0.246 e. The third-order valence-electron chi connectivity index (χ3n) is 3.07. The first-order valence-electron chi connectivity index (χ1n) is 6.72. The highest BCUT2D eigenvalue weighted by molar-refractivity contribution is 6.30. The molecule has 1 atom stereocenters. The first-order valence-corrected chi connectivity index (χ1v) is 7.09. The molecule has 22 heavy (non-hydrogen) atoms. The van der Waals surface area contributed by atoms with Gasteiger partial charge in [-0.2, -0.15) is 0 Å². The summed E-state index contributed by atoms with van der Waals surface area (Å²) in [6.45, 7) is 1.58. The quantitative estimate of drug-likeness (QED) is 0.790. The molecule has 0 fully saturated rings. The summed E-state index contributed by atoms with van der Waals surface area (Å²) < 4.78 is 13.6. The van der Waals surface area contributed by atoms with Gasteiger partial charge in [-0.25, -0.2) is 4.39 Å². The van der Waals surface area contributed by atoms with E-state index in [1.807, 2.05) is 0 Å². The van der Waals surface area contributed by atoms with Crippen molar-refractivity contribution in [3.8, 4) is 0 Å². The maximum Gasteiger partial charge on any atom is 0.246 e. The molecule has 116 valence electrons. The molecule has 0 aromatic heterocycles. The molecule has 0 heterocycles. The lowest BCUT2D eigenvalue weighted by atomic mass is 10.2. The van der Waals surface area contributed by atoms with Gasteiger partial charge in [0.05, 0.1) is 12.3 Å². The number of nitrogens with one attached hydrogen (secondary N) is 2. The second-order valence-electron chi connectivity index (χ2n) is 4.84. The summed E-state index contributed by atoms with van der Waals surface area (Å²) in [7, 11) is 0. The third kappa shape index (κ3) is 4.19. The topological polar surface area (TPSA) is 61.4 Å². The van der Waals surface area contributed by atoms with Gasteiger partial charge in [0.2, 0.25) is 5.91 Å². The largest absolute Gasteiger partial charge is 0.392 e. The highest BCUT2D eigenvalue weighted by Gasteiger charge is 2.15. The van der Waals surface area contributed by atoms with E-state index in [1.54, 1.807) is 31.2 Å². The number of rotatable bonds is 5. The molecule has 4 nitrogen and oxygen atoms in total. The number of carbonyl (C=O) groups excluding carboxylic acids is 1. The van der Waals surface area contributed by atoms with Crippen LogP contribution in [-0.2, 0) is 11.4 Å². The summed E-state index contributed by atoms with van der Waals surface area (Å²) in [4.78, 5) is 12.1. The average Bonchev–Trinajstić information content (AvgIpc) is 2.51. The monoisotopic (exact) mass is 322 g/mol. The maximum absolute atomic E-state index is 13.6. The van der Waals surface area contributed by atoms with Gasteiger partial charge in [-0.05, 0) is 42.8 Å². The predicted octanol–water partition coefficient (Wildman–Crippen LogP) is 3.41. The van der Waals surface area contributed by atoms with Crippen molar-refractivity contribution in [1.82, 2.24) is 0 Å². The van der Waals surface area contributed by atoms with Crippen molar-refractivity contribution in [3.63, 3.8) is 0 Å². The minimum atomic E-state index is -0.590. The SMILES string of the molecule is CC(Nc1cccc(CO)c1)C(=O)Nc1cc(Cl)ccc1F. The predicted molar refractivity (Wildman–Crippen MR) is 85.5 cm³/mol. The number of amides is 1. The lowest BCUT2D eigenvalue weighted by Crippen LogP contribution is -2.32. The minimum Gasteiger partial charge on any atom is -0.392 e. The molecule has 0 bridgehead atoms. The van der Waals surface area contributed by atoms with Crippen molar-refractivity contribution in [3.05, 3.63) is 58.9 Å². The van der Waals surface area contributed by atoms with Gasteiger partial charge in [-0.1, -0.05) is 23.7 Å². The zero-order valence-electron chi connectivity index (χ0n) is 11.9. The van der Waals surface area contributed by atoms with Crippen LogP contribution in [0, 0.1) is 5.82 Å². The summed E-state index contributed by atoms with van der Waals surface area (Å²) in [5.41, 5.74) is 1.47. The number of hydrogen-bond donors (Lipinski definition) is 3. The molecule has 2 aromatic rings. The second kappa shape index (κ2) is 7.24. The van der Waals surface area contributed by atoms with Gasteiger partial charge in [0.15, 0.2) is 0 Å². The number of aliphatic hydroxyl groups is 1. The summed E-state index contributed by atoms with van der Waals surface area (Å²) in [5, 5.41) is 14.9. The Balaban J connectivity index is 2.04. The fraction of sp³-hybridized carbons (Fsp3) is 0.188. The minimum absolute atomic E-state index is 0.0373. The van der Waals surface area contributed by atoms with Gasteiger partial charge in [0, 0.05) is 10.7 Å². The van der Waals surface area contributed by atoms with E-state index >= 15 is 0 Å². The van der Waals surface area contributed by atoms with Gasteiger partial charge in [-0.15, -0.1) is 0 Å². The van der Waals surface area contributed by atoms with E-state index in [2.05, 4.69) is 10.6 Å². The second-order valence-corrected chi connectivity index (χ2v) is 5.27. The summed E-state index contributed by atoms with van der Waals surface area (Å²) in [6, 6.07) is 10.4. The fourth-order valence-electron chi connectivity index (χ4n) is 1.91. The molecule has 0 spiro atoms. The molecule has 3 N–H and O–H groups in total. The molecule has 0 aliphatic heterocycles. The van der Waals surface area contributed by atoms with Gasteiger partial charge in [0.1, 0.15) is 11.9 Å². The lowest BCUT2D eigenvalue weighted by molar-refractivity contribution is -0.116. The summed E-state index contributed by atoms with van der Waals surface area (Å²) in [6.07, 6.45) is 0. The standard InChI is InChI=1S/C16H16ClFN2O2/c1-10(19-13-4-2-3-11(7-13)9-21)16(22)20-15-8-12(17)5-6-14(15)18/h2-8,10,19,21H,9H2,1H3,(H,20,22). The summed E-state index contributed by atoms with van der Waals surface area (Å²) >= 11 is 5.79. The number of anilines is 2. The van der Waals surface area contributed by atoms with Crippen LogP contribution in [0.2, 0.25) is 5.02 Å². The Morgan fingerprint density at radius 1 is 1.32 bits per heavy atom. The highest BCUT2D eigenvalue weighted by Crippen LogP contribution is 2.20. The third-order valence-corrected chi connectivity index (χ3v) is 3.31. The Morgan fingerprint density at radius 2 is 2.09 bits per heavy atom. The van der Waals surface area contributed by atoms with Gasteiger partial charge in [0.25, 0.3) is 0 Å². The number of hydrogen-bond acceptors (Lipinski definition) is 3. The molecule has 2 aromatic carbocycles. The Kier molecular flexibility index (Phi) is 5.35. The summed E-state index contributed by atoms with van der Waals surface area (Å²) in [5.74, 6) is -0.942. The number of halogens is 2. The van der Waals surface area contributed by atoms with Crippen LogP contribution in [0.5, 0.6) is 0 Å². The van der Waals surface area contributed by atoms with E-state index in [1.165, 1.54) is 18.2 Å². The van der Waals surface area contributed by atoms with E-state index < -0.39 is 17.8 Å². The molecular formula is C16H16ClFN2O2. The van der Waals surface area contributed by atoms with E-state index in [9.17, 15) is 9.18 Å². The molecule has 0 aliphatic carbocycles. The van der Waals surface area contributed by atoms with Crippen LogP contribution in [0.3, 0.4) is 0 Å². The van der Waals surface area contributed by atoms with Crippen LogP contribution < -0.4 is 10.6 Å². The van der Waals surface area contributed by atoms with Gasteiger partial charge in [-0.3, -0.25) is 4.79 Å². The van der Waals surface area contributed by atoms with Crippen molar-refractivity contribution in [1.29, 1.82) is 0 Å². The van der Waals surface area contributed by atoms with Crippen LogP contribution in [0.1, 0.15) is 12.5 Å².